The summed E-state index contributed by atoms with van der Waals surface area (Å²) in [6.45, 7) is 7.28. The zero-order valence-corrected chi connectivity index (χ0v) is 11.3. The normalized spacial score (nSPS) is 29.7. The first-order valence-electron chi connectivity index (χ1n) is 6.48. The third kappa shape index (κ3) is 2.22. The molecule has 4 nitrogen and oxygen atoms in total. The molecule has 2 N–H and O–H groups in total. The second kappa shape index (κ2) is 4.86. The zero-order valence-electron chi connectivity index (χ0n) is 11.3. The van der Waals surface area contributed by atoms with Gasteiger partial charge >= 0.3 is 0 Å². The van der Waals surface area contributed by atoms with Crippen molar-refractivity contribution in [2.75, 3.05) is 18.5 Å². The Hall–Kier alpha value is -1.13. The van der Waals surface area contributed by atoms with Gasteiger partial charge in [-0.05, 0) is 19.1 Å². The summed E-state index contributed by atoms with van der Waals surface area (Å²) >= 11 is 0. The quantitative estimate of drug-likeness (QED) is 0.840. The van der Waals surface area contributed by atoms with Crippen LogP contribution in [0.15, 0.2) is 24.4 Å². The highest BCUT2D eigenvalue weighted by atomic mass is 16.5. The molecule has 0 saturated heterocycles. The van der Waals surface area contributed by atoms with Crippen LogP contribution in [0, 0.1) is 5.41 Å². The van der Waals surface area contributed by atoms with E-state index in [9.17, 15) is 5.11 Å². The molecule has 1 saturated carbocycles. The van der Waals surface area contributed by atoms with E-state index >= 15 is 0 Å². The molecule has 1 fully saturated rings. The SMILES string of the molecule is CCO[C@@H]1C[C@](O)(CNc2ccccn2)C1(C)C. The Bertz CT molecular complexity index is 394. The number of hydrogen-bond acceptors (Lipinski definition) is 4. The highest BCUT2D eigenvalue weighted by molar-refractivity contribution is 5.34. The maximum Gasteiger partial charge on any atom is 0.125 e. The highest BCUT2D eigenvalue weighted by Gasteiger charge is 2.59. The Balaban J connectivity index is 1.94. The van der Waals surface area contributed by atoms with Crippen LogP contribution in [-0.2, 0) is 4.74 Å². The molecular formula is C14H22N2O2. The van der Waals surface area contributed by atoms with Crippen molar-refractivity contribution in [3.63, 3.8) is 0 Å². The summed E-state index contributed by atoms with van der Waals surface area (Å²) in [6, 6.07) is 5.70. The van der Waals surface area contributed by atoms with Gasteiger partial charge in [0.2, 0.25) is 0 Å². The predicted molar refractivity (Wildman–Crippen MR) is 71.5 cm³/mol. The largest absolute Gasteiger partial charge is 0.387 e. The van der Waals surface area contributed by atoms with Crippen LogP contribution in [0.3, 0.4) is 0 Å². The smallest absolute Gasteiger partial charge is 0.125 e. The van der Waals surface area contributed by atoms with Crippen molar-refractivity contribution < 1.29 is 9.84 Å². The van der Waals surface area contributed by atoms with Crippen molar-refractivity contribution in [1.29, 1.82) is 0 Å². The van der Waals surface area contributed by atoms with E-state index in [1.807, 2.05) is 25.1 Å². The first-order valence-corrected chi connectivity index (χ1v) is 6.48. The Labute approximate surface area is 108 Å². The molecule has 0 spiro atoms. The topological polar surface area (TPSA) is 54.4 Å². The number of hydrogen-bond donors (Lipinski definition) is 2. The third-order valence-electron chi connectivity index (χ3n) is 4.12. The van der Waals surface area contributed by atoms with Gasteiger partial charge in [-0.15, -0.1) is 0 Å². The minimum Gasteiger partial charge on any atom is -0.387 e. The molecule has 1 aliphatic carbocycles. The Morgan fingerprint density at radius 3 is 2.83 bits per heavy atom. The molecule has 0 amide bonds. The second-order valence-electron chi connectivity index (χ2n) is 5.47. The minimum absolute atomic E-state index is 0.137. The van der Waals surface area contributed by atoms with Crippen LogP contribution >= 0.6 is 0 Å². The predicted octanol–water partition coefficient (Wildman–Crippen LogP) is 2.06. The molecule has 0 radical (unpaired) electrons. The fourth-order valence-corrected chi connectivity index (χ4v) is 2.47. The first-order chi connectivity index (χ1) is 8.49. The van der Waals surface area contributed by atoms with E-state index in [0.29, 0.717) is 19.6 Å². The van der Waals surface area contributed by atoms with Crippen molar-refractivity contribution in [3.8, 4) is 0 Å². The molecule has 4 heteroatoms. The summed E-state index contributed by atoms with van der Waals surface area (Å²) in [5.74, 6) is 0.793. The maximum absolute atomic E-state index is 10.6. The average molecular weight is 250 g/mol. The Kier molecular flexibility index (Phi) is 3.59. The fourth-order valence-electron chi connectivity index (χ4n) is 2.47. The van der Waals surface area contributed by atoms with Crippen LogP contribution in [0.2, 0.25) is 0 Å². The molecule has 0 aromatic carbocycles. The molecule has 0 aliphatic heterocycles. The van der Waals surface area contributed by atoms with Gasteiger partial charge in [-0.2, -0.15) is 0 Å². The minimum atomic E-state index is -0.732. The molecule has 2 atom stereocenters. The van der Waals surface area contributed by atoms with Gasteiger partial charge in [0.25, 0.3) is 0 Å². The lowest BCUT2D eigenvalue weighted by atomic mass is 9.56. The molecule has 1 aromatic heterocycles. The number of pyridine rings is 1. The lowest BCUT2D eigenvalue weighted by molar-refractivity contribution is -0.233. The third-order valence-corrected chi connectivity index (χ3v) is 4.12. The average Bonchev–Trinajstić information content (AvgIpc) is 2.37. The number of nitrogens with zero attached hydrogens (tertiary/aromatic N) is 1. The van der Waals surface area contributed by atoms with Crippen LogP contribution in [0.25, 0.3) is 0 Å². The van der Waals surface area contributed by atoms with Gasteiger partial charge in [0, 0.05) is 31.2 Å². The van der Waals surface area contributed by atoms with E-state index < -0.39 is 5.60 Å². The molecule has 1 aliphatic rings. The van der Waals surface area contributed by atoms with Crippen LogP contribution in [0.5, 0.6) is 0 Å². The van der Waals surface area contributed by atoms with Crippen molar-refractivity contribution >= 4 is 5.82 Å². The van der Waals surface area contributed by atoms with E-state index in [1.54, 1.807) is 6.20 Å². The van der Waals surface area contributed by atoms with E-state index in [4.69, 9.17) is 4.74 Å². The molecule has 18 heavy (non-hydrogen) atoms. The van der Waals surface area contributed by atoms with Gasteiger partial charge in [0.05, 0.1) is 11.7 Å². The summed E-state index contributed by atoms with van der Waals surface area (Å²) in [6.07, 6.45) is 2.55. The maximum atomic E-state index is 10.6. The van der Waals surface area contributed by atoms with Gasteiger partial charge in [-0.25, -0.2) is 4.98 Å². The van der Waals surface area contributed by atoms with E-state index in [-0.39, 0.29) is 11.5 Å². The van der Waals surface area contributed by atoms with Crippen molar-refractivity contribution in [1.82, 2.24) is 4.98 Å². The van der Waals surface area contributed by atoms with E-state index in [1.165, 1.54) is 0 Å². The van der Waals surface area contributed by atoms with Gasteiger partial charge in [-0.3, -0.25) is 0 Å². The van der Waals surface area contributed by atoms with Crippen molar-refractivity contribution in [3.05, 3.63) is 24.4 Å². The zero-order chi connectivity index (χ0) is 13.2. The lowest BCUT2D eigenvalue weighted by Gasteiger charge is -2.58. The van der Waals surface area contributed by atoms with Gasteiger partial charge in [0.15, 0.2) is 0 Å². The number of ether oxygens (including phenoxy) is 1. The highest BCUT2D eigenvalue weighted by Crippen LogP contribution is 2.51. The molecule has 0 bridgehead atoms. The monoisotopic (exact) mass is 250 g/mol. The molecule has 1 heterocycles. The second-order valence-corrected chi connectivity index (χ2v) is 5.47. The van der Waals surface area contributed by atoms with Crippen LogP contribution < -0.4 is 5.32 Å². The van der Waals surface area contributed by atoms with Crippen LogP contribution in [0.4, 0.5) is 5.82 Å². The standard InChI is InChI=1S/C14H22N2O2/c1-4-18-11-9-14(17,13(11,2)3)10-16-12-7-5-6-8-15-12/h5-8,11,17H,4,9-10H2,1-3H3,(H,15,16)/t11-,14+/m1/s1. The molecule has 1 aromatic rings. The summed E-state index contributed by atoms with van der Waals surface area (Å²) in [5, 5.41) is 13.8. The van der Waals surface area contributed by atoms with Crippen LogP contribution in [-0.4, -0.2) is 34.9 Å². The number of aromatic nitrogens is 1. The summed E-state index contributed by atoms with van der Waals surface area (Å²) < 4.78 is 5.64. The van der Waals surface area contributed by atoms with Crippen molar-refractivity contribution in [2.24, 2.45) is 5.41 Å². The summed E-state index contributed by atoms with van der Waals surface area (Å²) in [7, 11) is 0. The number of anilines is 1. The first kappa shape index (κ1) is 13.3. The van der Waals surface area contributed by atoms with E-state index in [0.717, 1.165) is 5.82 Å². The molecular weight excluding hydrogens is 228 g/mol. The summed E-state index contributed by atoms with van der Waals surface area (Å²) in [4.78, 5) is 4.19. The Morgan fingerprint density at radius 1 is 1.50 bits per heavy atom. The molecule has 0 unspecified atom stereocenters. The molecule has 2 rings (SSSR count). The number of aliphatic hydroxyl groups is 1. The van der Waals surface area contributed by atoms with E-state index in [2.05, 4.69) is 24.1 Å². The number of rotatable bonds is 5. The fraction of sp³-hybridized carbons (Fsp3) is 0.643. The van der Waals surface area contributed by atoms with Crippen molar-refractivity contribution in [2.45, 2.75) is 38.9 Å². The Morgan fingerprint density at radius 2 is 2.28 bits per heavy atom. The van der Waals surface area contributed by atoms with Gasteiger partial charge in [0.1, 0.15) is 5.82 Å². The van der Waals surface area contributed by atoms with Gasteiger partial charge in [-0.1, -0.05) is 19.9 Å². The number of nitrogens with one attached hydrogen (secondary N) is 1. The summed E-state index contributed by atoms with van der Waals surface area (Å²) in [5.41, 5.74) is -0.963. The molecule has 100 valence electrons. The lowest BCUT2D eigenvalue weighted by Crippen LogP contribution is -2.67. The van der Waals surface area contributed by atoms with Crippen LogP contribution in [0.1, 0.15) is 27.2 Å². The van der Waals surface area contributed by atoms with Gasteiger partial charge < -0.3 is 15.2 Å².